The van der Waals surface area contributed by atoms with Crippen molar-refractivity contribution >= 4 is 22.9 Å². The third-order valence-corrected chi connectivity index (χ3v) is 4.87. The zero-order valence-electron chi connectivity index (χ0n) is 15.7. The van der Waals surface area contributed by atoms with E-state index in [1.54, 1.807) is 4.57 Å². The molecule has 0 spiro atoms. The van der Waals surface area contributed by atoms with Crippen LogP contribution in [0.5, 0.6) is 5.75 Å². The SMILES string of the molecule is O=C(O)[C@H]1COCCN1C(=O)Cn1c(COc2ccccc2)nc2ccccc21. The molecule has 4 rings (SSSR count). The zero-order chi connectivity index (χ0) is 20.2. The second kappa shape index (κ2) is 8.32. The fourth-order valence-electron chi connectivity index (χ4n) is 3.41. The van der Waals surface area contributed by atoms with Crippen LogP contribution in [0.25, 0.3) is 11.0 Å². The minimum Gasteiger partial charge on any atom is -0.486 e. The van der Waals surface area contributed by atoms with Crippen molar-refractivity contribution in [3.05, 3.63) is 60.4 Å². The third-order valence-electron chi connectivity index (χ3n) is 4.87. The van der Waals surface area contributed by atoms with Crippen LogP contribution in [0.15, 0.2) is 54.6 Å². The summed E-state index contributed by atoms with van der Waals surface area (Å²) in [5.74, 6) is -0.0499. The number of hydrogen-bond donors (Lipinski definition) is 1. The minimum atomic E-state index is -1.07. The van der Waals surface area contributed by atoms with Crippen LogP contribution in [0.1, 0.15) is 5.82 Å². The number of benzene rings is 2. The Morgan fingerprint density at radius 1 is 1.14 bits per heavy atom. The first kappa shape index (κ1) is 18.9. The molecule has 1 atom stereocenters. The largest absolute Gasteiger partial charge is 0.486 e. The van der Waals surface area contributed by atoms with Crippen LogP contribution >= 0.6 is 0 Å². The lowest BCUT2D eigenvalue weighted by Gasteiger charge is -2.33. The average molecular weight is 395 g/mol. The quantitative estimate of drug-likeness (QED) is 0.685. The summed E-state index contributed by atoms with van der Waals surface area (Å²) in [6.45, 7) is 0.743. The third kappa shape index (κ3) is 4.07. The Labute approximate surface area is 167 Å². The fraction of sp³-hybridized carbons (Fsp3) is 0.286. The highest BCUT2D eigenvalue weighted by Gasteiger charge is 2.33. The van der Waals surface area contributed by atoms with Crippen molar-refractivity contribution in [2.24, 2.45) is 0 Å². The molecule has 3 aromatic rings. The van der Waals surface area contributed by atoms with Gasteiger partial charge in [-0.3, -0.25) is 4.79 Å². The molecule has 2 heterocycles. The number of carbonyl (C=O) groups is 2. The predicted octanol–water partition coefficient (Wildman–Crippen LogP) is 1.93. The van der Waals surface area contributed by atoms with Gasteiger partial charge in [0.15, 0.2) is 6.04 Å². The molecule has 1 amide bonds. The number of amides is 1. The normalized spacial score (nSPS) is 16.7. The molecule has 1 fully saturated rings. The van der Waals surface area contributed by atoms with E-state index in [9.17, 15) is 14.7 Å². The van der Waals surface area contributed by atoms with Gasteiger partial charge in [0.2, 0.25) is 5.91 Å². The number of aliphatic carboxylic acids is 1. The Morgan fingerprint density at radius 2 is 1.90 bits per heavy atom. The van der Waals surface area contributed by atoms with E-state index < -0.39 is 12.0 Å². The summed E-state index contributed by atoms with van der Waals surface area (Å²) < 4.78 is 12.8. The fourth-order valence-corrected chi connectivity index (χ4v) is 3.41. The molecular formula is C21H21N3O5. The van der Waals surface area contributed by atoms with Gasteiger partial charge < -0.3 is 24.0 Å². The van der Waals surface area contributed by atoms with Crippen LogP contribution in [0, 0.1) is 0 Å². The van der Waals surface area contributed by atoms with Crippen molar-refractivity contribution < 1.29 is 24.2 Å². The number of ether oxygens (including phenoxy) is 2. The Balaban J connectivity index is 1.59. The summed E-state index contributed by atoms with van der Waals surface area (Å²) in [7, 11) is 0. The van der Waals surface area contributed by atoms with Crippen LogP contribution in [0.4, 0.5) is 0 Å². The molecule has 8 heteroatoms. The van der Waals surface area contributed by atoms with Crippen LogP contribution < -0.4 is 4.74 Å². The first-order valence-corrected chi connectivity index (χ1v) is 9.35. The highest BCUT2D eigenvalue weighted by atomic mass is 16.5. The Morgan fingerprint density at radius 3 is 2.69 bits per heavy atom. The van der Waals surface area contributed by atoms with Crippen molar-refractivity contribution in [1.29, 1.82) is 0 Å². The van der Waals surface area contributed by atoms with E-state index in [1.807, 2.05) is 54.6 Å². The number of rotatable bonds is 6. The Kier molecular flexibility index (Phi) is 5.44. The van der Waals surface area contributed by atoms with Crippen molar-refractivity contribution in [3.8, 4) is 5.75 Å². The van der Waals surface area contributed by atoms with Crippen LogP contribution in [-0.2, 0) is 27.5 Å². The van der Waals surface area contributed by atoms with E-state index in [-0.39, 0.29) is 32.2 Å². The average Bonchev–Trinajstić information content (AvgIpc) is 3.10. The van der Waals surface area contributed by atoms with Crippen LogP contribution in [0.3, 0.4) is 0 Å². The van der Waals surface area contributed by atoms with E-state index in [2.05, 4.69) is 4.98 Å². The van der Waals surface area contributed by atoms with Gasteiger partial charge in [-0.15, -0.1) is 0 Å². The first-order chi connectivity index (χ1) is 14.1. The summed E-state index contributed by atoms with van der Waals surface area (Å²) in [6.07, 6.45) is 0. The van der Waals surface area contributed by atoms with Crippen molar-refractivity contribution in [3.63, 3.8) is 0 Å². The van der Waals surface area contributed by atoms with Gasteiger partial charge in [0.25, 0.3) is 0 Å². The van der Waals surface area contributed by atoms with Gasteiger partial charge in [0.1, 0.15) is 24.7 Å². The molecule has 1 aliphatic heterocycles. The van der Waals surface area contributed by atoms with E-state index in [0.29, 0.717) is 18.2 Å². The Bertz CT molecular complexity index is 1020. The van der Waals surface area contributed by atoms with Crippen LogP contribution in [0.2, 0.25) is 0 Å². The summed E-state index contributed by atoms with van der Waals surface area (Å²) >= 11 is 0. The van der Waals surface area contributed by atoms with Gasteiger partial charge in [0.05, 0.1) is 24.2 Å². The number of imidazole rings is 1. The first-order valence-electron chi connectivity index (χ1n) is 9.35. The number of carboxylic acids is 1. The number of nitrogens with zero attached hydrogens (tertiary/aromatic N) is 3. The number of aromatic nitrogens is 2. The molecule has 1 aliphatic rings. The molecule has 29 heavy (non-hydrogen) atoms. The molecule has 8 nitrogen and oxygen atoms in total. The monoisotopic (exact) mass is 395 g/mol. The maximum absolute atomic E-state index is 13.0. The summed E-state index contributed by atoms with van der Waals surface area (Å²) in [5, 5.41) is 9.41. The highest BCUT2D eigenvalue weighted by Crippen LogP contribution is 2.19. The second-order valence-electron chi connectivity index (χ2n) is 6.72. The summed E-state index contributed by atoms with van der Waals surface area (Å²) in [4.78, 5) is 30.4. The number of morpholine rings is 1. The van der Waals surface area contributed by atoms with Gasteiger partial charge in [-0.05, 0) is 24.3 Å². The van der Waals surface area contributed by atoms with E-state index >= 15 is 0 Å². The van der Waals surface area contributed by atoms with E-state index in [1.165, 1.54) is 4.90 Å². The molecule has 1 aromatic heterocycles. The lowest BCUT2D eigenvalue weighted by Crippen LogP contribution is -2.53. The number of para-hydroxylation sites is 3. The molecule has 0 radical (unpaired) electrons. The summed E-state index contributed by atoms with van der Waals surface area (Å²) in [5.41, 5.74) is 1.55. The number of carbonyl (C=O) groups excluding carboxylic acids is 1. The van der Waals surface area contributed by atoms with Gasteiger partial charge in [-0.2, -0.15) is 0 Å². The molecule has 0 bridgehead atoms. The van der Waals surface area contributed by atoms with Crippen molar-refractivity contribution in [1.82, 2.24) is 14.5 Å². The molecule has 0 saturated carbocycles. The van der Waals surface area contributed by atoms with Crippen molar-refractivity contribution in [2.45, 2.75) is 19.2 Å². The van der Waals surface area contributed by atoms with Gasteiger partial charge >= 0.3 is 5.97 Å². The molecular weight excluding hydrogens is 374 g/mol. The number of carboxylic acid groups (broad SMARTS) is 1. The maximum atomic E-state index is 13.0. The van der Waals surface area contributed by atoms with Gasteiger partial charge in [-0.25, -0.2) is 9.78 Å². The Hall–Kier alpha value is -3.39. The highest BCUT2D eigenvalue weighted by molar-refractivity contribution is 5.85. The maximum Gasteiger partial charge on any atom is 0.328 e. The molecule has 1 N–H and O–H groups in total. The molecule has 1 saturated heterocycles. The lowest BCUT2D eigenvalue weighted by atomic mass is 10.2. The molecule has 2 aromatic carbocycles. The second-order valence-corrected chi connectivity index (χ2v) is 6.72. The standard InChI is InChI=1S/C21H21N3O5/c25-20(23-10-11-28-13-18(23)21(26)27)12-24-17-9-5-4-8-16(17)22-19(24)14-29-15-6-2-1-3-7-15/h1-9,18H,10-14H2,(H,26,27)/t18-/m1/s1. The smallest absolute Gasteiger partial charge is 0.328 e. The van der Waals surface area contributed by atoms with Crippen LogP contribution in [-0.4, -0.2) is 57.2 Å². The predicted molar refractivity (Wildman–Crippen MR) is 104 cm³/mol. The molecule has 0 unspecified atom stereocenters. The molecule has 0 aliphatic carbocycles. The topological polar surface area (TPSA) is 93.9 Å². The van der Waals surface area contributed by atoms with Gasteiger partial charge in [0, 0.05) is 6.54 Å². The zero-order valence-corrected chi connectivity index (χ0v) is 15.7. The minimum absolute atomic E-state index is 0.00424. The van der Waals surface area contributed by atoms with E-state index in [4.69, 9.17) is 9.47 Å². The number of hydrogen-bond acceptors (Lipinski definition) is 5. The van der Waals surface area contributed by atoms with Gasteiger partial charge in [-0.1, -0.05) is 30.3 Å². The van der Waals surface area contributed by atoms with Crippen molar-refractivity contribution in [2.75, 3.05) is 19.8 Å². The molecule has 150 valence electrons. The van der Waals surface area contributed by atoms with E-state index in [0.717, 1.165) is 11.0 Å². The number of fused-ring (bicyclic) bond motifs is 1. The summed E-state index contributed by atoms with van der Waals surface area (Å²) in [6, 6.07) is 15.9. The lowest BCUT2D eigenvalue weighted by molar-refractivity contribution is -0.158.